The van der Waals surface area contributed by atoms with Gasteiger partial charge in [0.1, 0.15) is 5.82 Å². The molecule has 0 spiro atoms. The van der Waals surface area contributed by atoms with E-state index in [1.54, 1.807) is 6.20 Å². The number of aromatic nitrogens is 1. The Hall–Kier alpha value is -2.31. The van der Waals surface area contributed by atoms with Gasteiger partial charge in [0.05, 0.1) is 0 Å². The minimum atomic E-state index is 0.157. The van der Waals surface area contributed by atoms with Gasteiger partial charge in [0.2, 0.25) is 5.91 Å². The number of hydrogen-bond donors (Lipinski definition) is 2. The molecule has 30 heavy (non-hydrogen) atoms. The van der Waals surface area contributed by atoms with Crippen LogP contribution >= 0.6 is 11.6 Å². The van der Waals surface area contributed by atoms with Gasteiger partial charge in [-0.3, -0.25) is 9.69 Å². The fraction of sp³-hybridized carbons (Fsp3) is 0.478. The number of nitrogen functional groups attached to an aromatic ring is 1. The van der Waals surface area contributed by atoms with Crippen LogP contribution in [0, 0.1) is 5.92 Å². The molecular formula is C23H30ClN5O. The van der Waals surface area contributed by atoms with Gasteiger partial charge < -0.3 is 16.0 Å². The summed E-state index contributed by atoms with van der Waals surface area (Å²) in [6, 6.07) is 12.2. The number of benzene rings is 1. The van der Waals surface area contributed by atoms with Crippen LogP contribution in [0.5, 0.6) is 0 Å². The summed E-state index contributed by atoms with van der Waals surface area (Å²) in [4.78, 5) is 21.5. The molecule has 0 unspecified atom stereocenters. The summed E-state index contributed by atoms with van der Waals surface area (Å²) in [5, 5.41) is 4.31. The topological polar surface area (TPSA) is 74.5 Å². The van der Waals surface area contributed by atoms with Gasteiger partial charge in [0.25, 0.3) is 0 Å². The highest BCUT2D eigenvalue weighted by atomic mass is 35.5. The monoisotopic (exact) mass is 427 g/mol. The molecule has 3 heterocycles. The molecule has 0 aliphatic carbocycles. The van der Waals surface area contributed by atoms with E-state index in [9.17, 15) is 4.79 Å². The van der Waals surface area contributed by atoms with Crippen molar-refractivity contribution in [1.29, 1.82) is 0 Å². The first-order valence-corrected chi connectivity index (χ1v) is 11.2. The number of piperidine rings is 2. The summed E-state index contributed by atoms with van der Waals surface area (Å²) in [5.41, 5.74) is 8.05. The van der Waals surface area contributed by atoms with E-state index in [0.717, 1.165) is 69.1 Å². The fourth-order valence-corrected chi connectivity index (χ4v) is 4.60. The molecule has 1 aromatic carbocycles. The van der Waals surface area contributed by atoms with Crippen LogP contribution in [-0.2, 0) is 11.3 Å². The molecule has 3 N–H and O–H groups in total. The number of nitrogens with one attached hydrogen (secondary N) is 1. The Morgan fingerprint density at radius 3 is 2.43 bits per heavy atom. The second-order valence-corrected chi connectivity index (χ2v) is 8.83. The number of nitrogens with zero attached hydrogens (tertiary/aromatic N) is 3. The summed E-state index contributed by atoms with van der Waals surface area (Å²) in [6.07, 6.45) is 5.59. The van der Waals surface area contributed by atoms with E-state index >= 15 is 0 Å². The standard InChI is InChI=1S/C23H30ClN5O/c24-19-1-3-20(4-2-19)27-21-8-13-29(14-9-21)23(30)18-6-11-28(12-7-18)16-17-5-10-26-22(25)15-17/h1-5,10,15,18,21,27H,6-9,11-14,16H2,(H2,25,26). The van der Waals surface area contributed by atoms with Crippen molar-refractivity contribution >= 4 is 29.0 Å². The summed E-state index contributed by atoms with van der Waals surface area (Å²) in [7, 11) is 0. The van der Waals surface area contributed by atoms with Gasteiger partial charge in [0, 0.05) is 48.5 Å². The second kappa shape index (κ2) is 9.67. The molecule has 6 nitrogen and oxygen atoms in total. The van der Waals surface area contributed by atoms with Crippen LogP contribution in [0.25, 0.3) is 0 Å². The quantitative estimate of drug-likeness (QED) is 0.762. The molecule has 0 atom stereocenters. The van der Waals surface area contributed by atoms with Crippen LogP contribution < -0.4 is 11.1 Å². The molecule has 2 aliphatic rings. The number of nitrogens with two attached hydrogens (primary N) is 1. The molecule has 2 aromatic rings. The number of halogens is 1. The van der Waals surface area contributed by atoms with Crippen LogP contribution in [-0.4, -0.2) is 52.9 Å². The lowest BCUT2D eigenvalue weighted by Gasteiger charge is -2.37. The van der Waals surface area contributed by atoms with Gasteiger partial charge in [0.15, 0.2) is 0 Å². The number of amides is 1. The molecule has 0 bridgehead atoms. The van der Waals surface area contributed by atoms with Crippen molar-refractivity contribution in [2.75, 3.05) is 37.2 Å². The Kier molecular flexibility index (Phi) is 6.75. The lowest BCUT2D eigenvalue weighted by molar-refractivity contribution is -0.138. The van der Waals surface area contributed by atoms with E-state index in [2.05, 4.69) is 20.1 Å². The molecule has 0 saturated carbocycles. The van der Waals surface area contributed by atoms with Crippen LogP contribution in [0.4, 0.5) is 11.5 Å². The summed E-state index contributed by atoms with van der Waals surface area (Å²) >= 11 is 5.96. The van der Waals surface area contributed by atoms with Crippen LogP contribution in [0.3, 0.4) is 0 Å². The molecular weight excluding hydrogens is 398 g/mol. The zero-order valence-electron chi connectivity index (χ0n) is 17.3. The first-order chi connectivity index (χ1) is 14.6. The molecule has 4 rings (SSSR count). The third-order valence-electron chi connectivity index (χ3n) is 6.21. The first kappa shape index (κ1) is 20.9. The van der Waals surface area contributed by atoms with E-state index in [0.29, 0.717) is 17.8 Å². The molecule has 1 amide bonds. The predicted octanol–water partition coefficient (Wildman–Crippen LogP) is 3.63. The van der Waals surface area contributed by atoms with Gasteiger partial charge in [-0.2, -0.15) is 0 Å². The average molecular weight is 428 g/mol. The highest BCUT2D eigenvalue weighted by molar-refractivity contribution is 6.30. The number of carbonyl (C=O) groups is 1. The third-order valence-corrected chi connectivity index (χ3v) is 6.46. The minimum Gasteiger partial charge on any atom is -0.384 e. The summed E-state index contributed by atoms with van der Waals surface area (Å²) in [5.74, 6) is 1.06. The Morgan fingerprint density at radius 1 is 1.07 bits per heavy atom. The van der Waals surface area contributed by atoms with Crippen LogP contribution in [0.1, 0.15) is 31.2 Å². The van der Waals surface area contributed by atoms with E-state index in [1.165, 1.54) is 5.56 Å². The number of hydrogen-bond acceptors (Lipinski definition) is 5. The van der Waals surface area contributed by atoms with Gasteiger partial charge in [-0.15, -0.1) is 0 Å². The number of rotatable bonds is 5. The van der Waals surface area contributed by atoms with Crippen molar-refractivity contribution in [1.82, 2.24) is 14.8 Å². The Labute approximate surface area is 183 Å². The van der Waals surface area contributed by atoms with Crippen molar-refractivity contribution in [3.05, 3.63) is 53.2 Å². The van der Waals surface area contributed by atoms with E-state index < -0.39 is 0 Å². The summed E-state index contributed by atoms with van der Waals surface area (Å²) in [6.45, 7) is 4.44. The molecule has 2 fully saturated rings. The lowest BCUT2D eigenvalue weighted by Crippen LogP contribution is -2.47. The van der Waals surface area contributed by atoms with Crippen molar-refractivity contribution in [2.45, 2.75) is 38.3 Å². The lowest BCUT2D eigenvalue weighted by atomic mass is 9.93. The molecule has 2 saturated heterocycles. The van der Waals surface area contributed by atoms with Gasteiger partial charge in [-0.25, -0.2) is 4.98 Å². The van der Waals surface area contributed by atoms with Crippen molar-refractivity contribution in [3.8, 4) is 0 Å². The van der Waals surface area contributed by atoms with E-state index in [4.69, 9.17) is 17.3 Å². The normalized spacial score (nSPS) is 19.0. The highest BCUT2D eigenvalue weighted by Crippen LogP contribution is 2.24. The Balaban J connectivity index is 1.21. The van der Waals surface area contributed by atoms with Gasteiger partial charge >= 0.3 is 0 Å². The number of likely N-dealkylation sites (tertiary alicyclic amines) is 2. The molecule has 0 radical (unpaired) electrons. The molecule has 160 valence electrons. The number of pyridine rings is 1. The van der Waals surface area contributed by atoms with E-state index in [1.807, 2.05) is 36.4 Å². The zero-order valence-corrected chi connectivity index (χ0v) is 18.0. The van der Waals surface area contributed by atoms with Gasteiger partial charge in [-0.05, 0) is 80.7 Å². The Morgan fingerprint density at radius 2 is 1.77 bits per heavy atom. The fourth-order valence-electron chi connectivity index (χ4n) is 4.47. The van der Waals surface area contributed by atoms with Gasteiger partial charge in [-0.1, -0.05) is 11.6 Å². The largest absolute Gasteiger partial charge is 0.384 e. The first-order valence-electron chi connectivity index (χ1n) is 10.8. The van der Waals surface area contributed by atoms with Crippen molar-refractivity contribution in [3.63, 3.8) is 0 Å². The van der Waals surface area contributed by atoms with Crippen LogP contribution in [0.15, 0.2) is 42.6 Å². The van der Waals surface area contributed by atoms with Crippen LogP contribution in [0.2, 0.25) is 5.02 Å². The second-order valence-electron chi connectivity index (χ2n) is 8.39. The predicted molar refractivity (Wildman–Crippen MR) is 121 cm³/mol. The number of carbonyl (C=O) groups excluding carboxylic acids is 1. The molecule has 2 aliphatic heterocycles. The maximum Gasteiger partial charge on any atom is 0.225 e. The average Bonchev–Trinajstić information content (AvgIpc) is 2.76. The molecule has 7 heteroatoms. The third kappa shape index (κ3) is 5.43. The minimum absolute atomic E-state index is 0.157. The number of anilines is 2. The van der Waals surface area contributed by atoms with Crippen molar-refractivity contribution < 1.29 is 4.79 Å². The maximum atomic E-state index is 13.0. The Bertz CT molecular complexity index is 843. The summed E-state index contributed by atoms with van der Waals surface area (Å²) < 4.78 is 0. The zero-order chi connectivity index (χ0) is 20.9. The van der Waals surface area contributed by atoms with Crippen molar-refractivity contribution in [2.24, 2.45) is 5.92 Å². The maximum absolute atomic E-state index is 13.0. The highest BCUT2D eigenvalue weighted by Gasteiger charge is 2.30. The van der Waals surface area contributed by atoms with E-state index in [-0.39, 0.29) is 5.92 Å². The molecule has 1 aromatic heterocycles. The SMILES string of the molecule is Nc1cc(CN2CCC(C(=O)N3CCC(Nc4ccc(Cl)cc4)CC3)CC2)ccn1. The smallest absolute Gasteiger partial charge is 0.225 e.